The third-order valence-electron chi connectivity index (χ3n) is 5.32. The molecule has 4 rings (SSSR count). The maximum atomic E-state index is 12.2. The number of carbonyl (C=O) groups excluding carboxylic acids is 1. The van der Waals surface area contributed by atoms with E-state index in [1.807, 2.05) is 72.8 Å². The summed E-state index contributed by atoms with van der Waals surface area (Å²) < 4.78 is 1.69. The molecule has 0 aliphatic rings. The molecule has 7 heteroatoms. The van der Waals surface area contributed by atoms with E-state index in [0.717, 1.165) is 21.9 Å². The number of amides is 1. The largest absolute Gasteiger partial charge is 0.481 e. The minimum absolute atomic E-state index is 0.0338. The van der Waals surface area contributed by atoms with Crippen molar-refractivity contribution in [3.8, 4) is 0 Å². The first-order chi connectivity index (χ1) is 16.1. The second-order valence-electron chi connectivity index (χ2n) is 7.83. The van der Waals surface area contributed by atoms with E-state index >= 15 is 0 Å². The third-order valence-corrected chi connectivity index (χ3v) is 5.32. The molecule has 1 atom stereocenters. The van der Waals surface area contributed by atoms with Crippen LogP contribution in [0.5, 0.6) is 0 Å². The Balaban J connectivity index is 1.31. The predicted octanol–water partition coefficient (Wildman–Crippen LogP) is 3.55. The van der Waals surface area contributed by atoms with Gasteiger partial charge in [-0.1, -0.05) is 78.0 Å². The van der Waals surface area contributed by atoms with Crippen LogP contribution < -0.4 is 5.32 Å². The van der Waals surface area contributed by atoms with Gasteiger partial charge in [-0.2, -0.15) is 0 Å². The number of carboxylic acid groups (broad SMARTS) is 1. The van der Waals surface area contributed by atoms with Crippen LogP contribution in [0.25, 0.3) is 16.8 Å². The zero-order valence-corrected chi connectivity index (χ0v) is 18.0. The molecule has 0 aliphatic heterocycles. The molecule has 1 unspecified atom stereocenters. The number of aromatic nitrogens is 3. The van der Waals surface area contributed by atoms with Gasteiger partial charge in [0.05, 0.1) is 18.7 Å². The maximum Gasteiger partial charge on any atom is 0.308 e. The van der Waals surface area contributed by atoms with E-state index in [9.17, 15) is 14.7 Å². The summed E-state index contributed by atoms with van der Waals surface area (Å²) in [4.78, 5) is 23.9. The van der Waals surface area contributed by atoms with Crippen LogP contribution in [0.4, 0.5) is 0 Å². The van der Waals surface area contributed by atoms with Crippen LogP contribution in [0.3, 0.4) is 0 Å². The number of aliphatic carboxylic acids is 1. The molecule has 1 heterocycles. The Kier molecular flexibility index (Phi) is 6.90. The van der Waals surface area contributed by atoms with E-state index in [4.69, 9.17) is 0 Å². The Bertz CT molecular complexity index is 1280. The Hall–Kier alpha value is -4.26. The summed E-state index contributed by atoms with van der Waals surface area (Å²) in [7, 11) is 0. The monoisotopic (exact) mass is 440 g/mol. The van der Waals surface area contributed by atoms with Crippen molar-refractivity contribution in [3.63, 3.8) is 0 Å². The van der Waals surface area contributed by atoms with E-state index in [1.165, 1.54) is 6.08 Å². The van der Waals surface area contributed by atoms with Crippen LogP contribution in [-0.2, 0) is 22.6 Å². The molecule has 3 aromatic carbocycles. The number of carbonyl (C=O) groups is 2. The van der Waals surface area contributed by atoms with E-state index in [-0.39, 0.29) is 12.5 Å². The fourth-order valence-electron chi connectivity index (χ4n) is 3.58. The minimum atomic E-state index is -0.948. The zero-order chi connectivity index (χ0) is 23.0. The minimum Gasteiger partial charge on any atom is -0.481 e. The van der Waals surface area contributed by atoms with E-state index in [0.29, 0.717) is 18.7 Å². The van der Waals surface area contributed by atoms with Gasteiger partial charge in [-0.3, -0.25) is 9.59 Å². The zero-order valence-electron chi connectivity index (χ0n) is 18.0. The summed E-state index contributed by atoms with van der Waals surface area (Å²) in [6.45, 7) is 0.620. The quantitative estimate of drug-likeness (QED) is 0.388. The van der Waals surface area contributed by atoms with Crippen LogP contribution in [-0.4, -0.2) is 38.5 Å². The molecular formula is C26H24N4O3. The normalized spacial score (nSPS) is 12.1. The lowest BCUT2D eigenvalue weighted by Crippen LogP contribution is -2.33. The van der Waals surface area contributed by atoms with Crippen LogP contribution in [0.2, 0.25) is 0 Å². The van der Waals surface area contributed by atoms with Gasteiger partial charge in [0.2, 0.25) is 5.91 Å². The number of nitrogens with one attached hydrogen (secondary N) is 1. The summed E-state index contributed by atoms with van der Waals surface area (Å²) in [6.07, 6.45) is 4.98. The lowest BCUT2D eigenvalue weighted by molar-refractivity contribution is -0.141. The Morgan fingerprint density at radius 1 is 0.970 bits per heavy atom. The first-order valence-electron chi connectivity index (χ1n) is 10.7. The van der Waals surface area contributed by atoms with E-state index < -0.39 is 11.9 Å². The van der Waals surface area contributed by atoms with Crippen LogP contribution in [0.1, 0.15) is 16.8 Å². The number of nitrogens with zero attached hydrogens (tertiary/aromatic N) is 3. The summed E-state index contributed by atoms with van der Waals surface area (Å²) in [5.74, 6) is -2.05. The van der Waals surface area contributed by atoms with Crippen molar-refractivity contribution in [1.29, 1.82) is 0 Å². The second kappa shape index (κ2) is 10.4. The molecule has 0 spiro atoms. The molecule has 1 aromatic heterocycles. The second-order valence-corrected chi connectivity index (χ2v) is 7.83. The van der Waals surface area contributed by atoms with E-state index in [1.54, 1.807) is 17.0 Å². The van der Waals surface area contributed by atoms with Crippen molar-refractivity contribution in [2.75, 3.05) is 6.54 Å². The fourth-order valence-corrected chi connectivity index (χ4v) is 3.58. The highest BCUT2D eigenvalue weighted by Crippen LogP contribution is 2.18. The molecule has 1 amide bonds. The molecule has 7 nitrogen and oxygen atoms in total. The lowest BCUT2D eigenvalue weighted by Gasteiger charge is -2.13. The molecule has 0 fully saturated rings. The van der Waals surface area contributed by atoms with Gasteiger partial charge in [0.15, 0.2) is 0 Å². The summed E-state index contributed by atoms with van der Waals surface area (Å²) >= 11 is 0. The number of hydrogen-bond donors (Lipinski definition) is 2. The van der Waals surface area contributed by atoms with Gasteiger partial charge in [0.25, 0.3) is 0 Å². The van der Waals surface area contributed by atoms with Crippen molar-refractivity contribution in [3.05, 3.63) is 102 Å². The Morgan fingerprint density at radius 3 is 2.52 bits per heavy atom. The van der Waals surface area contributed by atoms with Crippen molar-refractivity contribution < 1.29 is 14.7 Å². The van der Waals surface area contributed by atoms with Gasteiger partial charge in [-0.05, 0) is 34.4 Å². The van der Waals surface area contributed by atoms with Gasteiger partial charge >= 0.3 is 5.97 Å². The smallest absolute Gasteiger partial charge is 0.308 e. The topological polar surface area (TPSA) is 97.1 Å². The maximum absolute atomic E-state index is 12.2. The highest BCUT2D eigenvalue weighted by atomic mass is 16.4. The van der Waals surface area contributed by atoms with Gasteiger partial charge in [0.1, 0.15) is 5.69 Å². The average Bonchev–Trinajstić information content (AvgIpc) is 3.28. The standard InChI is InChI=1S/C26H24N4O3/c31-25(13-12-24-18-30(29-28-24)17-19-6-2-1-3-7-19)27-16-23(26(32)33)15-20-10-11-21-8-4-5-9-22(21)14-20/h1-14,18,23H,15-17H2,(H,27,31)(H,32,33)/b13-12+. The number of hydrogen-bond acceptors (Lipinski definition) is 4. The van der Waals surface area contributed by atoms with Crippen molar-refractivity contribution in [1.82, 2.24) is 20.3 Å². The lowest BCUT2D eigenvalue weighted by atomic mass is 9.97. The molecule has 33 heavy (non-hydrogen) atoms. The van der Waals surface area contributed by atoms with Crippen molar-refractivity contribution in [2.24, 2.45) is 5.92 Å². The Labute approximate surface area is 191 Å². The average molecular weight is 441 g/mol. The first-order valence-corrected chi connectivity index (χ1v) is 10.7. The molecule has 0 radical (unpaired) electrons. The molecule has 0 bridgehead atoms. The molecule has 2 N–H and O–H groups in total. The highest BCUT2D eigenvalue weighted by molar-refractivity contribution is 5.91. The Morgan fingerprint density at radius 2 is 1.73 bits per heavy atom. The van der Waals surface area contributed by atoms with Gasteiger partial charge in [0, 0.05) is 12.6 Å². The molecule has 4 aromatic rings. The summed E-state index contributed by atoms with van der Waals surface area (Å²) in [5, 5.41) is 22.5. The third kappa shape index (κ3) is 6.13. The SMILES string of the molecule is O=C(/C=C/c1cn(Cc2ccccc2)nn1)NCC(Cc1ccc2ccccc2c1)C(=O)O. The highest BCUT2D eigenvalue weighted by Gasteiger charge is 2.18. The number of carboxylic acids is 1. The first kappa shape index (κ1) is 22.0. The van der Waals surface area contributed by atoms with Gasteiger partial charge < -0.3 is 10.4 Å². The van der Waals surface area contributed by atoms with Crippen LogP contribution in [0, 0.1) is 5.92 Å². The number of fused-ring (bicyclic) bond motifs is 1. The van der Waals surface area contributed by atoms with Crippen molar-refractivity contribution >= 4 is 28.7 Å². The van der Waals surface area contributed by atoms with Crippen molar-refractivity contribution in [2.45, 2.75) is 13.0 Å². The van der Waals surface area contributed by atoms with Gasteiger partial charge in [-0.25, -0.2) is 4.68 Å². The van der Waals surface area contributed by atoms with Crippen LogP contribution >= 0.6 is 0 Å². The predicted molar refractivity (Wildman–Crippen MR) is 126 cm³/mol. The molecular weight excluding hydrogens is 416 g/mol. The molecule has 0 aliphatic carbocycles. The number of benzene rings is 3. The summed E-state index contributed by atoms with van der Waals surface area (Å²) in [6, 6.07) is 23.7. The van der Waals surface area contributed by atoms with Gasteiger partial charge in [-0.15, -0.1) is 5.10 Å². The molecule has 166 valence electrons. The van der Waals surface area contributed by atoms with Crippen LogP contribution in [0.15, 0.2) is 85.1 Å². The summed E-state index contributed by atoms with van der Waals surface area (Å²) in [5.41, 5.74) is 2.56. The molecule has 0 saturated heterocycles. The molecule has 0 saturated carbocycles. The fraction of sp³-hybridized carbons (Fsp3) is 0.154. The van der Waals surface area contributed by atoms with E-state index in [2.05, 4.69) is 15.6 Å². The number of rotatable bonds is 9.